The zero-order chi connectivity index (χ0) is 9.59. The Bertz CT molecular complexity index is 403. The van der Waals surface area contributed by atoms with Crippen LogP contribution in [-0.2, 0) is 0 Å². The van der Waals surface area contributed by atoms with Gasteiger partial charge in [-0.05, 0) is 0 Å². The Hall–Kier alpha value is -1.37. The van der Waals surface area contributed by atoms with Crippen LogP contribution in [0.4, 0.5) is 17.5 Å². The molecule has 7 heteroatoms. The van der Waals surface area contributed by atoms with Crippen LogP contribution in [-0.4, -0.2) is 22.5 Å². The van der Waals surface area contributed by atoms with Crippen molar-refractivity contribution in [3.05, 3.63) is 10.4 Å². The van der Waals surface area contributed by atoms with E-state index in [-0.39, 0.29) is 17.0 Å². The van der Waals surface area contributed by atoms with Gasteiger partial charge in [0, 0.05) is 7.05 Å². The van der Waals surface area contributed by atoms with E-state index in [0.717, 1.165) is 0 Å². The highest BCUT2D eigenvalue weighted by molar-refractivity contribution is 7.81. The molecular weight excluding hydrogens is 190 g/mol. The van der Waals surface area contributed by atoms with E-state index in [9.17, 15) is 4.79 Å². The summed E-state index contributed by atoms with van der Waals surface area (Å²) in [5, 5.41) is 2.87. The lowest BCUT2D eigenvalue weighted by molar-refractivity contribution is 0.957. The minimum absolute atomic E-state index is 0.111. The molecule has 0 radical (unpaired) electrons. The van der Waals surface area contributed by atoms with Crippen LogP contribution in [0.15, 0.2) is 4.79 Å². The van der Waals surface area contributed by atoms with Gasteiger partial charge in [0.1, 0.15) is 11.2 Å². The summed E-state index contributed by atoms with van der Waals surface area (Å²) in [6, 6.07) is 0. The Morgan fingerprint density at radius 3 is 3.08 bits per heavy atom. The molecule has 1 atom stereocenters. The normalized spacial score (nSPS) is 19.8. The number of aromatic nitrogens is 2. The van der Waals surface area contributed by atoms with Crippen LogP contribution < -0.4 is 21.5 Å². The first kappa shape index (κ1) is 8.24. The lowest BCUT2D eigenvalue weighted by Crippen LogP contribution is -2.26. The number of thiol groups is 1. The van der Waals surface area contributed by atoms with Gasteiger partial charge < -0.3 is 16.0 Å². The maximum Gasteiger partial charge on any atom is 0.277 e. The molecular formula is C6H9N5OS. The summed E-state index contributed by atoms with van der Waals surface area (Å²) in [6.07, 6.45) is 0. The second kappa shape index (κ2) is 2.56. The fraction of sp³-hybridized carbons (Fsp3) is 0.333. The van der Waals surface area contributed by atoms with Gasteiger partial charge in [-0.25, -0.2) is 0 Å². The topological polar surface area (TPSA) is 87.0 Å². The minimum Gasteiger partial charge on any atom is -0.369 e. The smallest absolute Gasteiger partial charge is 0.277 e. The number of H-pyrrole nitrogens is 1. The number of nitrogens with zero attached hydrogens (tertiary/aromatic N) is 2. The molecule has 13 heavy (non-hydrogen) atoms. The molecule has 0 bridgehead atoms. The van der Waals surface area contributed by atoms with Gasteiger partial charge >= 0.3 is 0 Å². The van der Waals surface area contributed by atoms with Crippen LogP contribution in [0.1, 0.15) is 0 Å². The standard InChI is InChI=1S/C6H9N5OS/c1-11-3-2(8-6(11)13)4(12)10-5(7)9-3/h6,8,13H,1H3,(H3,7,9,10,12). The molecule has 6 nitrogen and oxygen atoms in total. The van der Waals surface area contributed by atoms with Crippen LogP contribution in [0.2, 0.25) is 0 Å². The van der Waals surface area contributed by atoms with Crippen molar-refractivity contribution in [1.82, 2.24) is 9.97 Å². The number of hydrogen-bond donors (Lipinski definition) is 4. The van der Waals surface area contributed by atoms with Crippen LogP contribution in [0.5, 0.6) is 0 Å². The van der Waals surface area contributed by atoms with Gasteiger partial charge in [-0.1, -0.05) is 0 Å². The predicted octanol–water partition coefficient (Wildman–Crippen LogP) is -0.573. The van der Waals surface area contributed by atoms with Gasteiger partial charge in [-0.3, -0.25) is 9.78 Å². The number of hydrogen-bond acceptors (Lipinski definition) is 6. The van der Waals surface area contributed by atoms with Crippen molar-refractivity contribution < 1.29 is 0 Å². The second-order valence-electron chi connectivity index (χ2n) is 2.78. The Labute approximate surface area is 79.6 Å². The van der Waals surface area contributed by atoms with Gasteiger partial charge in [0.15, 0.2) is 5.82 Å². The highest BCUT2D eigenvalue weighted by Crippen LogP contribution is 2.28. The molecule has 0 aromatic carbocycles. The van der Waals surface area contributed by atoms with Crippen molar-refractivity contribution in [3.63, 3.8) is 0 Å². The largest absolute Gasteiger partial charge is 0.369 e. The van der Waals surface area contributed by atoms with Gasteiger partial charge in [-0.2, -0.15) is 4.98 Å². The van der Waals surface area contributed by atoms with E-state index in [4.69, 9.17) is 5.73 Å². The average molecular weight is 199 g/mol. The summed E-state index contributed by atoms with van der Waals surface area (Å²) in [5.74, 6) is 0.640. The van der Waals surface area contributed by atoms with Crippen molar-refractivity contribution in [2.45, 2.75) is 5.50 Å². The molecule has 0 spiro atoms. The van der Waals surface area contributed by atoms with E-state index >= 15 is 0 Å². The lowest BCUT2D eigenvalue weighted by atomic mass is 10.5. The van der Waals surface area contributed by atoms with Crippen molar-refractivity contribution in [3.8, 4) is 0 Å². The fourth-order valence-corrected chi connectivity index (χ4v) is 1.44. The Morgan fingerprint density at radius 2 is 2.38 bits per heavy atom. The molecule has 1 unspecified atom stereocenters. The number of anilines is 3. The van der Waals surface area contributed by atoms with E-state index < -0.39 is 0 Å². The summed E-state index contributed by atoms with van der Waals surface area (Å²) < 4.78 is 0. The van der Waals surface area contributed by atoms with Crippen molar-refractivity contribution in [2.75, 3.05) is 23.0 Å². The number of aromatic amines is 1. The van der Waals surface area contributed by atoms with Crippen LogP contribution >= 0.6 is 12.6 Å². The monoisotopic (exact) mass is 199 g/mol. The maximum absolute atomic E-state index is 11.3. The number of fused-ring (bicyclic) bond motifs is 1. The summed E-state index contributed by atoms with van der Waals surface area (Å²) in [4.78, 5) is 19.4. The van der Waals surface area contributed by atoms with E-state index in [1.165, 1.54) is 0 Å². The quantitative estimate of drug-likeness (QED) is 0.420. The van der Waals surface area contributed by atoms with Crippen LogP contribution in [0.25, 0.3) is 0 Å². The first-order valence-electron chi connectivity index (χ1n) is 3.67. The maximum atomic E-state index is 11.3. The Balaban J connectivity index is 2.64. The molecule has 1 aromatic heterocycles. The summed E-state index contributed by atoms with van der Waals surface area (Å²) in [7, 11) is 1.78. The number of nitrogen functional groups attached to an aromatic ring is 1. The minimum atomic E-state index is -0.272. The second-order valence-corrected chi connectivity index (χ2v) is 3.27. The molecule has 2 heterocycles. The highest BCUT2D eigenvalue weighted by Gasteiger charge is 2.26. The molecule has 2 rings (SSSR count). The van der Waals surface area contributed by atoms with Crippen molar-refractivity contribution in [1.29, 1.82) is 0 Å². The van der Waals surface area contributed by atoms with Gasteiger partial charge in [0.25, 0.3) is 5.56 Å². The molecule has 0 saturated carbocycles. The molecule has 1 aliphatic heterocycles. The predicted molar refractivity (Wildman–Crippen MR) is 54.1 cm³/mol. The summed E-state index contributed by atoms with van der Waals surface area (Å²) in [5.41, 5.74) is 5.30. The molecule has 0 fully saturated rings. The first-order valence-corrected chi connectivity index (χ1v) is 4.18. The molecule has 0 amide bonds. The average Bonchev–Trinajstić information content (AvgIpc) is 2.32. The van der Waals surface area contributed by atoms with Crippen molar-refractivity contribution >= 4 is 30.1 Å². The molecule has 1 aromatic rings. The molecule has 1 aliphatic rings. The third-order valence-corrected chi connectivity index (χ3v) is 2.37. The molecule has 0 aliphatic carbocycles. The SMILES string of the molecule is CN1c2nc(N)[nH]c(=O)c2NC1S. The van der Waals surface area contributed by atoms with E-state index in [2.05, 4.69) is 27.9 Å². The summed E-state index contributed by atoms with van der Waals surface area (Å²) in [6.45, 7) is 0. The van der Waals surface area contributed by atoms with E-state index in [1.807, 2.05) is 0 Å². The van der Waals surface area contributed by atoms with Gasteiger partial charge in [0.2, 0.25) is 5.95 Å². The summed E-state index contributed by atoms with van der Waals surface area (Å²) >= 11 is 4.19. The molecule has 0 saturated heterocycles. The van der Waals surface area contributed by atoms with Gasteiger partial charge in [-0.15, -0.1) is 12.6 Å². The Kier molecular flexibility index (Phi) is 1.62. The van der Waals surface area contributed by atoms with E-state index in [1.54, 1.807) is 11.9 Å². The zero-order valence-electron chi connectivity index (χ0n) is 6.90. The van der Waals surface area contributed by atoms with Crippen molar-refractivity contribution in [2.24, 2.45) is 0 Å². The Morgan fingerprint density at radius 1 is 1.69 bits per heavy atom. The zero-order valence-corrected chi connectivity index (χ0v) is 7.80. The third-order valence-electron chi connectivity index (χ3n) is 1.89. The van der Waals surface area contributed by atoms with Crippen LogP contribution in [0, 0.1) is 0 Å². The van der Waals surface area contributed by atoms with E-state index in [0.29, 0.717) is 11.5 Å². The number of rotatable bonds is 0. The van der Waals surface area contributed by atoms with Gasteiger partial charge in [0.05, 0.1) is 0 Å². The molecule has 70 valence electrons. The van der Waals surface area contributed by atoms with Crippen LogP contribution in [0.3, 0.4) is 0 Å². The first-order chi connectivity index (χ1) is 6.09. The molecule has 4 N–H and O–H groups in total. The lowest BCUT2D eigenvalue weighted by Gasteiger charge is -2.14. The number of nitrogens with one attached hydrogen (secondary N) is 2. The third kappa shape index (κ3) is 1.12. The highest BCUT2D eigenvalue weighted by atomic mass is 32.1. The fourth-order valence-electron chi connectivity index (χ4n) is 1.21. The number of nitrogens with two attached hydrogens (primary N) is 1.